The zero-order chi connectivity index (χ0) is 13.0. The van der Waals surface area contributed by atoms with Crippen molar-refractivity contribution in [1.82, 2.24) is 14.7 Å². The number of hydrogen-bond acceptors (Lipinski definition) is 3. The van der Waals surface area contributed by atoms with Gasteiger partial charge in [-0.05, 0) is 19.4 Å². The van der Waals surface area contributed by atoms with Crippen molar-refractivity contribution in [2.45, 2.75) is 32.6 Å². The Hall–Kier alpha value is -1.62. The molecular weight excluding hydrogens is 230 g/mol. The van der Waals surface area contributed by atoms with Gasteiger partial charge in [0.05, 0.1) is 18.9 Å². The van der Waals surface area contributed by atoms with E-state index in [0.717, 1.165) is 25.1 Å². The lowest BCUT2D eigenvalue weighted by Gasteiger charge is -2.14. The summed E-state index contributed by atoms with van der Waals surface area (Å²) in [6.07, 6.45) is 6.18. The Bertz CT molecular complexity index is 428. The number of aromatic nitrogens is 2. The molecule has 1 aliphatic rings. The minimum Gasteiger partial charge on any atom is -0.372 e. The van der Waals surface area contributed by atoms with Crippen molar-refractivity contribution >= 4 is 5.91 Å². The van der Waals surface area contributed by atoms with Crippen molar-refractivity contribution in [3.63, 3.8) is 0 Å². The molecule has 2 heterocycles. The molecule has 1 aliphatic heterocycles. The van der Waals surface area contributed by atoms with E-state index in [2.05, 4.69) is 11.7 Å². The minimum absolute atomic E-state index is 0.0140. The van der Waals surface area contributed by atoms with Crippen LogP contribution in [0.2, 0.25) is 0 Å². The highest BCUT2D eigenvalue weighted by atomic mass is 16.5. The molecule has 0 aliphatic carbocycles. The normalized spacial score (nSPS) is 19.2. The maximum atomic E-state index is 11.4. The van der Waals surface area contributed by atoms with E-state index in [4.69, 9.17) is 4.74 Å². The smallest absolute Gasteiger partial charge is 0.246 e. The maximum absolute atomic E-state index is 11.4. The van der Waals surface area contributed by atoms with E-state index in [1.165, 1.54) is 6.08 Å². The molecule has 5 heteroatoms. The van der Waals surface area contributed by atoms with Crippen LogP contribution in [0, 0.1) is 0 Å². The lowest BCUT2D eigenvalue weighted by atomic mass is 10.3. The quantitative estimate of drug-likeness (QED) is 0.737. The van der Waals surface area contributed by atoms with Crippen LogP contribution >= 0.6 is 0 Å². The molecule has 1 saturated heterocycles. The van der Waals surface area contributed by atoms with Gasteiger partial charge in [-0.2, -0.15) is 5.10 Å². The molecule has 5 nitrogen and oxygen atoms in total. The van der Waals surface area contributed by atoms with E-state index in [1.807, 2.05) is 24.0 Å². The van der Waals surface area contributed by atoms with E-state index in [1.54, 1.807) is 4.90 Å². The number of carbonyl (C=O) groups is 1. The Balaban J connectivity index is 1.78. The Morgan fingerprint density at radius 3 is 3.22 bits per heavy atom. The third-order valence-corrected chi connectivity index (χ3v) is 3.13. The standard InChI is InChI=1S/C13H19N3O2/c1-3-13(17)15-6-5-12(9-15)18-10-11-7-14-16(4-2)8-11/h3,7-8,12H,1,4-6,9-10H2,2H3. The lowest BCUT2D eigenvalue weighted by Crippen LogP contribution is -2.28. The average Bonchev–Trinajstić information content (AvgIpc) is 3.04. The molecule has 18 heavy (non-hydrogen) atoms. The minimum atomic E-state index is -0.0140. The summed E-state index contributed by atoms with van der Waals surface area (Å²) in [5.74, 6) is -0.0140. The predicted octanol–water partition coefficient (Wildman–Crippen LogP) is 1.21. The molecule has 1 aromatic heterocycles. The topological polar surface area (TPSA) is 47.4 Å². The van der Waals surface area contributed by atoms with E-state index in [9.17, 15) is 4.79 Å². The highest BCUT2D eigenvalue weighted by Gasteiger charge is 2.25. The number of nitrogens with zero attached hydrogens (tertiary/aromatic N) is 3. The van der Waals surface area contributed by atoms with Gasteiger partial charge in [0.25, 0.3) is 0 Å². The summed E-state index contributed by atoms with van der Waals surface area (Å²) < 4.78 is 7.67. The van der Waals surface area contributed by atoms with Crippen LogP contribution in [0.15, 0.2) is 25.0 Å². The molecule has 0 bridgehead atoms. The van der Waals surface area contributed by atoms with Gasteiger partial charge in [-0.15, -0.1) is 0 Å². The van der Waals surface area contributed by atoms with Crippen LogP contribution < -0.4 is 0 Å². The number of rotatable bonds is 5. The zero-order valence-corrected chi connectivity index (χ0v) is 10.7. The van der Waals surface area contributed by atoms with Gasteiger partial charge in [-0.3, -0.25) is 9.48 Å². The molecule has 1 unspecified atom stereocenters. The lowest BCUT2D eigenvalue weighted by molar-refractivity contribution is -0.125. The molecule has 1 amide bonds. The summed E-state index contributed by atoms with van der Waals surface area (Å²) in [5.41, 5.74) is 1.07. The summed E-state index contributed by atoms with van der Waals surface area (Å²) in [4.78, 5) is 13.2. The fourth-order valence-electron chi connectivity index (χ4n) is 2.06. The Morgan fingerprint density at radius 1 is 1.72 bits per heavy atom. The van der Waals surface area contributed by atoms with Gasteiger partial charge >= 0.3 is 0 Å². The van der Waals surface area contributed by atoms with Crippen molar-refractivity contribution < 1.29 is 9.53 Å². The Morgan fingerprint density at radius 2 is 2.56 bits per heavy atom. The second-order valence-electron chi connectivity index (χ2n) is 4.41. The van der Waals surface area contributed by atoms with Crippen LogP contribution in [-0.4, -0.2) is 39.8 Å². The summed E-state index contributed by atoms with van der Waals surface area (Å²) in [5, 5.41) is 4.20. The van der Waals surface area contributed by atoms with Crippen molar-refractivity contribution in [3.8, 4) is 0 Å². The third kappa shape index (κ3) is 2.98. The molecule has 0 saturated carbocycles. The van der Waals surface area contributed by atoms with E-state index >= 15 is 0 Å². The van der Waals surface area contributed by atoms with E-state index in [0.29, 0.717) is 13.2 Å². The molecule has 1 fully saturated rings. The van der Waals surface area contributed by atoms with Gasteiger partial charge in [0.1, 0.15) is 0 Å². The number of hydrogen-bond donors (Lipinski definition) is 0. The molecule has 0 spiro atoms. The fraction of sp³-hybridized carbons (Fsp3) is 0.538. The molecule has 1 atom stereocenters. The van der Waals surface area contributed by atoms with Gasteiger partial charge in [-0.25, -0.2) is 0 Å². The van der Waals surface area contributed by atoms with Gasteiger partial charge in [-0.1, -0.05) is 6.58 Å². The Kier molecular flexibility index (Phi) is 4.15. The largest absolute Gasteiger partial charge is 0.372 e. The van der Waals surface area contributed by atoms with E-state index < -0.39 is 0 Å². The van der Waals surface area contributed by atoms with Crippen molar-refractivity contribution in [2.24, 2.45) is 0 Å². The summed E-state index contributed by atoms with van der Waals surface area (Å²) >= 11 is 0. The van der Waals surface area contributed by atoms with Gasteiger partial charge < -0.3 is 9.64 Å². The van der Waals surface area contributed by atoms with Crippen molar-refractivity contribution in [3.05, 3.63) is 30.6 Å². The number of ether oxygens (including phenoxy) is 1. The SMILES string of the molecule is C=CC(=O)N1CCC(OCc2cnn(CC)c2)C1. The van der Waals surface area contributed by atoms with Gasteiger partial charge in [0.15, 0.2) is 0 Å². The van der Waals surface area contributed by atoms with Gasteiger partial charge in [0, 0.05) is 31.4 Å². The number of amides is 1. The fourth-order valence-corrected chi connectivity index (χ4v) is 2.06. The molecule has 2 rings (SSSR count). The van der Waals surface area contributed by atoms with E-state index in [-0.39, 0.29) is 12.0 Å². The van der Waals surface area contributed by atoms with Gasteiger partial charge in [0.2, 0.25) is 5.91 Å². The average molecular weight is 249 g/mol. The second-order valence-corrected chi connectivity index (χ2v) is 4.41. The summed E-state index contributed by atoms with van der Waals surface area (Å²) in [7, 11) is 0. The highest BCUT2D eigenvalue weighted by Crippen LogP contribution is 2.15. The maximum Gasteiger partial charge on any atom is 0.246 e. The summed E-state index contributed by atoms with van der Waals surface area (Å²) in [6.45, 7) is 8.38. The van der Waals surface area contributed by atoms with Crippen LogP contribution in [-0.2, 0) is 22.7 Å². The van der Waals surface area contributed by atoms with Crippen LogP contribution in [0.4, 0.5) is 0 Å². The van der Waals surface area contributed by atoms with Crippen LogP contribution in [0.1, 0.15) is 18.9 Å². The molecule has 1 aromatic rings. The molecule has 0 radical (unpaired) electrons. The molecule has 0 N–H and O–H groups in total. The van der Waals surface area contributed by atoms with Crippen LogP contribution in [0.3, 0.4) is 0 Å². The summed E-state index contributed by atoms with van der Waals surface area (Å²) in [6, 6.07) is 0. The highest BCUT2D eigenvalue weighted by molar-refractivity contribution is 5.87. The predicted molar refractivity (Wildman–Crippen MR) is 67.9 cm³/mol. The number of likely N-dealkylation sites (tertiary alicyclic amines) is 1. The van der Waals surface area contributed by atoms with Crippen molar-refractivity contribution in [2.75, 3.05) is 13.1 Å². The Labute approximate surface area is 107 Å². The molecule has 0 aromatic carbocycles. The first-order valence-electron chi connectivity index (χ1n) is 6.27. The second kappa shape index (κ2) is 5.82. The number of aryl methyl sites for hydroxylation is 1. The molecule has 98 valence electrons. The van der Waals surface area contributed by atoms with Crippen LogP contribution in [0.25, 0.3) is 0 Å². The first-order chi connectivity index (χ1) is 8.72. The molecular formula is C13H19N3O2. The number of carbonyl (C=O) groups excluding carboxylic acids is 1. The van der Waals surface area contributed by atoms with Crippen molar-refractivity contribution in [1.29, 1.82) is 0 Å². The monoisotopic (exact) mass is 249 g/mol. The van der Waals surface area contributed by atoms with Crippen LogP contribution in [0.5, 0.6) is 0 Å². The third-order valence-electron chi connectivity index (χ3n) is 3.13. The first kappa shape index (κ1) is 12.8. The zero-order valence-electron chi connectivity index (χ0n) is 10.7. The first-order valence-corrected chi connectivity index (χ1v) is 6.27.